The number of Topliss-reactive ketones (excluding diaryl/α,β-unsaturated/α-hetero) is 1. The molecule has 2 aromatic carbocycles. The summed E-state index contributed by atoms with van der Waals surface area (Å²) < 4.78 is 11.1. The summed E-state index contributed by atoms with van der Waals surface area (Å²) in [6.07, 6.45) is 4.52. The molecule has 0 aliphatic rings. The highest BCUT2D eigenvalue weighted by atomic mass is 16.5. The van der Waals surface area contributed by atoms with E-state index in [1.165, 1.54) is 0 Å². The van der Waals surface area contributed by atoms with Crippen molar-refractivity contribution in [1.82, 2.24) is 0 Å². The summed E-state index contributed by atoms with van der Waals surface area (Å²) in [5.74, 6) is 1.68. The summed E-state index contributed by atoms with van der Waals surface area (Å²) in [5.41, 5.74) is 2.55. The van der Waals surface area contributed by atoms with Gasteiger partial charge in [0.25, 0.3) is 0 Å². The molecule has 0 aliphatic carbocycles. The number of benzene rings is 2. The van der Waals surface area contributed by atoms with Gasteiger partial charge in [0.05, 0.1) is 14.2 Å². The van der Waals surface area contributed by atoms with Gasteiger partial charge < -0.3 is 9.47 Å². The Hall–Kier alpha value is -2.55. The second-order valence-electron chi connectivity index (χ2n) is 6.56. The third-order valence-corrected chi connectivity index (χ3v) is 4.39. The maximum Gasteiger partial charge on any atom is 0.131 e. The number of aryl methyl sites for hydroxylation is 1. The van der Waals surface area contributed by atoms with Gasteiger partial charge in [-0.3, -0.25) is 4.79 Å². The van der Waals surface area contributed by atoms with E-state index in [2.05, 4.69) is 19.1 Å². The van der Waals surface area contributed by atoms with Gasteiger partial charge in [-0.05, 0) is 37.1 Å². The lowest BCUT2D eigenvalue weighted by Gasteiger charge is -2.28. The first-order valence-electron chi connectivity index (χ1n) is 8.36. The van der Waals surface area contributed by atoms with Crippen LogP contribution >= 0.6 is 0 Å². The monoisotopic (exact) mass is 338 g/mol. The van der Waals surface area contributed by atoms with E-state index in [4.69, 9.17) is 9.47 Å². The molecule has 1 atom stereocenters. The Kier molecular flexibility index (Phi) is 6.02. The highest BCUT2D eigenvalue weighted by molar-refractivity contribution is 5.78. The largest absolute Gasteiger partial charge is 0.496 e. The molecule has 0 heterocycles. The lowest BCUT2D eigenvalue weighted by atomic mass is 9.76. The Balaban J connectivity index is 2.56. The van der Waals surface area contributed by atoms with Crippen molar-refractivity contribution in [1.29, 1.82) is 0 Å². The van der Waals surface area contributed by atoms with Crippen LogP contribution in [0.15, 0.2) is 48.5 Å². The molecular weight excluding hydrogens is 312 g/mol. The molecule has 0 fully saturated rings. The lowest BCUT2D eigenvalue weighted by molar-refractivity contribution is -0.117. The Morgan fingerprint density at radius 3 is 2.28 bits per heavy atom. The summed E-state index contributed by atoms with van der Waals surface area (Å²) in [4.78, 5) is 12.0. The molecule has 0 radical (unpaired) electrons. The van der Waals surface area contributed by atoms with Crippen LogP contribution in [-0.2, 0) is 10.2 Å². The predicted molar refractivity (Wildman–Crippen MR) is 102 cm³/mol. The first kappa shape index (κ1) is 18.8. The third kappa shape index (κ3) is 4.50. The van der Waals surface area contributed by atoms with Crippen molar-refractivity contribution < 1.29 is 14.3 Å². The fourth-order valence-electron chi connectivity index (χ4n) is 3.10. The molecule has 0 spiro atoms. The molecule has 0 saturated heterocycles. The quantitative estimate of drug-likeness (QED) is 0.715. The summed E-state index contributed by atoms with van der Waals surface area (Å²) >= 11 is 0. The number of carbonyl (C=O) groups excluding carboxylic acids is 1. The van der Waals surface area contributed by atoms with Crippen LogP contribution in [0.25, 0.3) is 6.08 Å². The van der Waals surface area contributed by atoms with Crippen LogP contribution in [0.2, 0.25) is 0 Å². The van der Waals surface area contributed by atoms with Crippen molar-refractivity contribution in [3.63, 3.8) is 0 Å². The average Bonchev–Trinajstić information content (AvgIpc) is 2.60. The summed E-state index contributed by atoms with van der Waals surface area (Å²) in [6.45, 7) is 5.65. The molecule has 0 unspecified atom stereocenters. The smallest absolute Gasteiger partial charge is 0.131 e. The van der Waals surface area contributed by atoms with E-state index in [-0.39, 0.29) is 5.78 Å². The van der Waals surface area contributed by atoms with E-state index in [0.717, 1.165) is 28.2 Å². The Labute approximate surface area is 150 Å². The van der Waals surface area contributed by atoms with E-state index < -0.39 is 5.41 Å². The van der Waals surface area contributed by atoms with E-state index in [0.29, 0.717) is 6.42 Å². The first-order chi connectivity index (χ1) is 11.9. The SMILES string of the molecule is COc1cc([C@@](C)(/C=C/c2ccccc2)CC(C)=O)c(OC)cc1C. The molecule has 0 aliphatic heterocycles. The van der Waals surface area contributed by atoms with Crippen LogP contribution in [0.4, 0.5) is 0 Å². The molecule has 0 N–H and O–H groups in total. The Bertz CT molecular complexity index is 762. The standard InChI is InChI=1S/C22H26O3/c1-16-13-21(25-5)19(14-20(16)24-4)22(3,15-17(2)23)12-11-18-9-7-6-8-10-18/h6-14H,15H2,1-5H3/b12-11+/t22-/m0/s1. The minimum Gasteiger partial charge on any atom is -0.496 e. The van der Waals surface area contributed by atoms with E-state index in [1.807, 2.05) is 49.4 Å². The summed E-state index contributed by atoms with van der Waals surface area (Å²) in [6, 6.07) is 14.0. The molecule has 3 heteroatoms. The van der Waals surface area contributed by atoms with Crippen molar-refractivity contribution in [2.45, 2.75) is 32.6 Å². The third-order valence-electron chi connectivity index (χ3n) is 4.39. The Morgan fingerprint density at radius 1 is 1.08 bits per heavy atom. The fourth-order valence-corrected chi connectivity index (χ4v) is 3.10. The summed E-state index contributed by atoms with van der Waals surface area (Å²) in [7, 11) is 3.31. The normalized spacial score (nSPS) is 13.5. The summed E-state index contributed by atoms with van der Waals surface area (Å²) in [5, 5.41) is 0. The molecule has 0 amide bonds. The zero-order chi connectivity index (χ0) is 18.4. The van der Waals surface area contributed by atoms with Gasteiger partial charge in [0, 0.05) is 17.4 Å². The number of ketones is 1. The zero-order valence-corrected chi connectivity index (χ0v) is 15.6. The molecule has 132 valence electrons. The van der Waals surface area contributed by atoms with Gasteiger partial charge in [-0.1, -0.05) is 49.4 Å². The predicted octanol–water partition coefficient (Wildman–Crippen LogP) is 4.96. The number of allylic oxidation sites excluding steroid dienone is 1. The minimum atomic E-state index is -0.492. The van der Waals surface area contributed by atoms with Crippen molar-refractivity contribution in [2.75, 3.05) is 14.2 Å². The maximum absolute atomic E-state index is 12.0. The van der Waals surface area contributed by atoms with Gasteiger partial charge in [-0.15, -0.1) is 0 Å². The van der Waals surface area contributed by atoms with Gasteiger partial charge in [0.2, 0.25) is 0 Å². The zero-order valence-electron chi connectivity index (χ0n) is 15.6. The molecule has 25 heavy (non-hydrogen) atoms. The number of methoxy groups -OCH3 is 2. The van der Waals surface area contributed by atoms with Gasteiger partial charge in [-0.25, -0.2) is 0 Å². The van der Waals surface area contributed by atoms with E-state index in [1.54, 1.807) is 21.1 Å². The molecule has 3 nitrogen and oxygen atoms in total. The molecule has 2 aromatic rings. The minimum absolute atomic E-state index is 0.127. The number of hydrogen-bond acceptors (Lipinski definition) is 3. The van der Waals surface area contributed by atoms with Crippen molar-refractivity contribution in [3.8, 4) is 11.5 Å². The topological polar surface area (TPSA) is 35.5 Å². The number of rotatable bonds is 7. The highest BCUT2D eigenvalue weighted by Gasteiger charge is 2.30. The Morgan fingerprint density at radius 2 is 1.72 bits per heavy atom. The molecule has 0 bridgehead atoms. The van der Waals surface area contributed by atoms with E-state index >= 15 is 0 Å². The molecular formula is C22H26O3. The average molecular weight is 338 g/mol. The molecule has 0 saturated carbocycles. The van der Waals surface area contributed by atoms with Crippen LogP contribution in [0.1, 0.15) is 37.0 Å². The van der Waals surface area contributed by atoms with Crippen molar-refractivity contribution in [3.05, 3.63) is 65.2 Å². The second kappa shape index (κ2) is 8.02. The highest BCUT2D eigenvalue weighted by Crippen LogP contribution is 2.40. The molecule has 2 rings (SSSR count). The van der Waals surface area contributed by atoms with Gasteiger partial charge in [0.1, 0.15) is 17.3 Å². The second-order valence-corrected chi connectivity index (χ2v) is 6.56. The van der Waals surface area contributed by atoms with Gasteiger partial charge in [-0.2, -0.15) is 0 Å². The van der Waals surface area contributed by atoms with Gasteiger partial charge >= 0.3 is 0 Å². The molecule has 0 aromatic heterocycles. The van der Waals surface area contributed by atoms with Crippen LogP contribution in [0, 0.1) is 6.92 Å². The number of carbonyl (C=O) groups is 1. The van der Waals surface area contributed by atoms with Gasteiger partial charge in [0.15, 0.2) is 0 Å². The van der Waals surface area contributed by atoms with Crippen molar-refractivity contribution >= 4 is 11.9 Å². The van der Waals surface area contributed by atoms with Crippen LogP contribution in [-0.4, -0.2) is 20.0 Å². The first-order valence-corrected chi connectivity index (χ1v) is 8.36. The van der Waals surface area contributed by atoms with Crippen LogP contribution < -0.4 is 9.47 Å². The van der Waals surface area contributed by atoms with E-state index in [9.17, 15) is 4.79 Å². The van der Waals surface area contributed by atoms with Crippen LogP contribution in [0.5, 0.6) is 11.5 Å². The number of ether oxygens (including phenoxy) is 2. The van der Waals surface area contributed by atoms with Crippen LogP contribution in [0.3, 0.4) is 0 Å². The lowest BCUT2D eigenvalue weighted by Crippen LogP contribution is -2.23. The van der Waals surface area contributed by atoms with Crippen molar-refractivity contribution in [2.24, 2.45) is 0 Å². The maximum atomic E-state index is 12.0. The fraction of sp³-hybridized carbons (Fsp3) is 0.318. The number of hydrogen-bond donors (Lipinski definition) is 0.